The average Bonchev–Trinajstić information content (AvgIpc) is 2.76. The van der Waals surface area contributed by atoms with Crippen molar-refractivity contribution >= 4 is 22.4 Å². The van der Waals surface area contributed by atoms with Gasteiger partial charge in [0.05, 0.1) is 0 Å². The Morgan fingerprint density at radius 2 is 2.53 bits per heavy atom. The minimum Gasteiger partial charge on any atom is -0.396 e. The Bertz CT molecular complexity index is 392. The van der Waals surface area contributed by atoms with Crippen molar-refractivity contribution in [3.05, 3.63) is 11.1 Å². The van der Waals surface area contributed by atoms with E-state index in [0.29, 0.717) is 16.7 Å². The highest BCUT2D eigenvalue weighted by Gasteiger charge is 2.25. The number of hydrogen-bond acceptors (Lipinski definition) is 5. The van der Waals surface area contributed by atoms with E-state index in [9.17, 15) is 4.79 Å². The molecular weight excluding hydrogens is 238 g/mol. The second-order valence-corrected chi connectivity index (χ2v) is 5.23. The number of hydrogen-bond donors (Lipinski definition) is 2. The third-order valence-corrected chi connectivity index (χ3v) is 3.76. The summed E-state index contributed by atoms with van der Waals surface area (Å²) in [6.07, 6.45) is 2.85. The molecule has 1 aromatic rings. The molecule has 6 heteroatoms. The van der Waals surface area contributed by atoms with Crippen LogP contribution in [0.2, 0.25) is 0 Å². The lowest BCUT2D eigenvalue weighted by Crippen LogP contribution is -2.40. The molecule has 0 spiro atoms. The SMILES string of the molecule is Nc1nc(C(=O)N2CCCC(CCO)C2)cs1. The number of amides is 1. The summed E-state index contributed by atoms with van der Waals surface area (Å²) >= 11 is 1.29. The molecule has 0 saturated carbocycles. The molecule has 3 N–H and O–H groups in total. The Morgan fingerprint density at radius 1 is 1.71 bits per heavy atom. The number of nitrogens with zero attached hydrogens (tertiary/aromatic N) is 2. The minimum absolute atomic E-state index is 0.0411. The molecule has 1 atom stereocenters. The molecule has 1 aliphatic heterocycles. The first-order valence-electron chi connectivity index (χ1n) is 5.82. The Labute approximate surface area is 104 Å². The van der Waals surface area contributed by atoms with E-state index in [1.165, 1.54) is 11.3 Å². The molecule has 1 saturated heterocycles. The van der Waals surface area contributed by atoms with Crippen LogP contribution in [0.1, 0.15) is 29.8 Å². The van der Waals surface area contributed by atoms with Crippen molar-refractivity contribution in [2.24, 2.45) is 5.92 Å². The average molecular weight is 255 g/mol. The zero-order valence-electron chi connectivity index (χ0n) is 9.63. The molecule has 0 aromatic carbocycles. The zero-order valence-corrected chi connectivity index (χ0v) is 10.4. The van der Waals surface area contributed by atoms with Gasteiger partial charge in [0.15, 0.2) is 5.13 Å². The van der Waals surface area contributed by atoms with Crippen LogP contribution >= 0.6 is 11.3 Å². The van der Waals surface area contributed by atoms with E-state index in [0.717, 1.165) is 32.4 Å². The molecule has 0 radical (unpaired) electrons. The summed E-state index contributed by atoms with van der Waals surface area (Å²) in [6, 6.07) is 0. The number of aliphatic hydroxyl groups excluding tert-OH is 1. The number of thiazole rings is 1. The van der Waals surface area contributed by atoms with E-state index < -0.39 is 0 Å². The van der Waals surface area contributed by atoms with Gasteiger partial charge in [-0.15, -0.1) is 11.3 Å². The quantitative estimate of drug-likeness (QED) is 0.843. The molecule has 2 rings (SSSR count). The number of carbonyl (C=O) groups excluding carboxylic acids is 1. The highest BCUT2D eigenvalue weighted by molar-refractivity contribution is 7.13. The van der Waals surface area contributed by atoms with Gasteiger partial charge in [0.25, 0.3) is 5.91 Å². The maximum Gasteiger partial charge on any atom is 0.273 e. The number of likely N-dealkylation sites (tertiary alicyclic amines) is 1. The van der Waals surface area contributed by atoms with Crippen molar-refractivity contribution in [3.8, 4) is 0 Å². The monoisotopic (exact) mass is 255 g/mol. The van der Waals surface area contributed by atoms with E-state index in [1.807, 2.05) is 4.90 Å². The molecule has 1 fully saturated rings. The minimum atomic E-state index is -0.0411. The Balaban J connectivity index is 1.99. The lowest BCUT2D eigenvalue weighted by molar-refractivity contribution is 0.0648. The van der Waals surface area contributed by atoms with Gasteiger partial charge >= 0.3 is 0 Å². The number of aliphatic hydroxyl groups is 1. The molecule has 5 nitrogen and oxygen atoms in total. The van der Waals surface area contributed by atoms with Crippen molar-refractivity contribution in [2.75, 3.05) is 25.4 Å². The second kappa shape index (κ2) is 5.46. The van der Waals surface area contributed by atoms with Gasteiger partial charge in [-0.05, 0) is 25.2 Å². The summed E-state index contributed by atoms with van der Waals surface area (Å²) in [4.78, 5) is 17.9. The van der Waals surface area contributed by atoms with Crippen LogP contribution in [0.3, 0.4) is 0 Å². The Kier molecular flexibility index (Phi) is 3.96. The fourth-order valence-electron chi connectivity index (χ4n) is 2.22. The van der Waals surface area contributed by atoms with E-state index >= 15 is 0 Å². The van der Waals surface area contributed by atoms with Gasteiger partial charge in [0.1, 0.15) is 5.69 Å². The normalized spacial score (nSPS) is 20.5. The molecule has 1 amide bonds. The lowest BCUT2D eigenvalue weighted by Gasteiger charge is -2.32. The Hall–Kier alpha value is -1.14. The molecular formula is C11H17N3O2S. The number of aromatic nitrogens is 1. The third-order valence-electron chi connectivity index (χ3n) is 3.08. The van der Waals surface area contributed by atoms with E-state index in [4.69, 9.17) is 10.8 Å². The molecule has 0 bridgehead atoms. The highest BCUT2D eigenvalue weighted by Crippen LogP contribution is 2.21. The molecule has 1 aliphatic rings. The van der Waals surface area contributed by atoms with Gasteiger partial charge in [0.2, 0.25) is 0 Å². The van der Waals surface area contributed by atoms with Gasteiger partial charge in [-0.25, -0.2) is 4.98 Å². The topological polar surface area (TPSA) is 79.5 Å². The number of rotatable bonds is 3. The van der Waals surface area contributed by atoms with Crippen molar-refractivity contribution in [3.63, 3.8) is 0 Å². The number of piperidine rings is 1. The van der Waals surface area contributed by atoms with E-state index in [1.54, 1.807) is 5.38 Å². The van der Waals surface area contributed by atoms with Gasteiger partial charge in [-0.3, -0.25) is 4.79 Å². The maximum atomic E-state index is 12.1. The first-order chi connectivity index (χ1) is 8.20. The highest BCUT2D eigenvalue weighted by atomic mass is 32.1. The van der Waals surface area contributed by atoms with Gasteiger partial charge in [0, 0.05) is 25.1 Å². The fraction of sp³-hybridized carbons (Fsp3) is 0.636. The zero-order chi connectivity index (χ0) is 12.3. The van der Waals surface area contributed by atoms with Crippen molar-refractivity contribution < 1.29 is 9.90 Å². The number of carbonyl (C=O) groups is 1. The summed E-state index contributed by atoms with van der Waals surface area (Å²) in [5.74, 6) is 0.370. The lowest BCUT2D eigenvalue weighted by atomic mass is 9.95. The van der Waals surface area contributed by atoms with E-state index in [-0.39, 0.29) is 12.5 Å². The molecule has 2 heterocycles. The summed E-state index contributed by atoms with van der Waals surface area (Å²) < 4.78 is 0. The van der Waals surface area contributed by atoms with Crippen LogP contribution in [-0.2, 0) is 0 Å². The molecule has 1 unspecified atom stereocenters. The first-order valence-corrected chi connectivity index (χ1v) is 6.70. The summed E-state index contributed by atoms with van der Waals surface area (Å²) in [7, 11) is 0. The van der Waals surface area contributed by atoms with Gasteiger partial charge in [-0.1, -0.05) is 0 Å². The summed E-state index contributed by atoms with van der Waals surface area (Å²) in [6.45, 7) is 1.69. The molecule has 17 heavy (non-hydrogen) atoms. The van der Waals surface area contributed by atoms with Crippen molar-refractivity contribution in [1.29, 1.82) is 0 Å². The van der Waals surface area contributed by atoms with Gasteiger partial charge in [-0.2, -0.15) is 0 Å². The largest absolute Gasteiger partial charge is 0.396 e. The Morgan fingerprint density at radius 3 is 3.18 bits per heavy atom. The second-order valence-electron chi connectivity index (χ2n) is 4.34. The van der Waals surface area contributed by atoms with E-state index in [2.05, 4.69) is 4.98 Å². The van der Waals surface area contributed by atoms with Crippen molar-refractivity contribution in [2.45, 2.75) is 19.3 Å². The van der Waals surface area contributed by atoms with Crippen LogP contribution in [0.5, 0.6) is 0 Å². The van der Waals surface area contributed by atoms with Gasteiger partial charge < -0.3 is 15.7 Å². The standard InChI is InChI=1S/C11H17N3O2S/c12-11-13-9(7-17-11)10(16)14-4-1-2-8(6-14)3-5-15/h7-8,15H,1-6H2,(H2,12,13). The number of nitrogen functional groups attached to an aromatic ring is 1. The third kappa shape index (κ3) is 2.95. The summed E-state index contributed by atoms with van der Waals surface area (Å²) in [5.41, 5.74) is 5.97. The van der Waals surface area contributed by atoms with Crippen LogP contribution in [-0.4, -0.2) is 40.6 Å². The molecule has 0 aliphatic carbocycles. The first kappa shape index (κ1) is 12.3. The van der Waals surface area contributed by atoms with Crippen LogP contribution in [0.4, 0.5) is 5.13 Å². The smallest absolute Gasteiger partial charge is 0.273 e. The van der Waals surface area contributed by atoms with Crippen LogP contribution < -0.4 is 5.73 Å². The predicted molar refractivity (Wildman–Crippen MR) is 66.9 cm³/mol. The van der Waals surface area contributed by atoms with Crippen LogP contribution in [0.15, 0.2) is 5.38 Å². The number of nitrogens with two attached hydrogens (primary N) is 1. The fourth-order valence-corrected chi connectivity index (χ4v) is 2.75. The number of anilines is 1. The molecule has 1 aromatic heterocycles. The van der Waals surface area contributed by atoms with Crippen molar-refractivity contribution in [1.82, 2.24) is 9.88 Å². The van der Waals surface area contributed by atoms with Crippen LogP contribution in [0.25, 0.3) is 0 Å². The predicted octanol–water partition coefficient (Wildman–Crippen LogP) is 0.960. The van der Waals surface area contributed by atoms with Crippen LogP contribution in [0, 0.1) is 5.92 Å². The maximum absolute atomic E-state index is 12.1. The molecule has 94 valence electrons. The summed E-state index contributed by atoms with van der Waals surface area (Å²) in [5, 5.41) is 11.1.